The summed E-state index contributed by atoms with van der Waals surface area (Å²) in [7, 11) is 2.03. The Morgan fingerprint density at radius 1 is 1.32 bits per heavy atom. The highest BCUT2D eigenvalue weighted by molar-refractivity contribution is 5.96. The van der Waals surface area contributed by atoms with Gasteiger partial charge in [-0.2, -0.15) is 0 Å². The lowest BCUT2D eigenvalue weighted by Gasteiger charge is -2.26. The lowest BCUT2D eigenvalue weighted by Crippen LogP contribution is -2.36. The SMILES string of the molecule is CC(C)c1nc2c(n1C)CCN(C(=O)c1cc3cc(F)ccc3o1)C2. The second-order valence-electron chi connectivity index (χ2n) is 6.85. The Morgan fingerprint density at radius 3 is 2.88 bits per heavy atom. The van der Waals surface area contributed by atoms with E-state index in [9.17, 15) is 9.18 Å². The molecule has 1 aliphatic heterocycles. The molecule has 0 bridgehead atoms. The van der Waals surface area contributed by atoms with Gasteiger partial charge >= 0.3 is 0 Å². The molecule has 0 unspecified atom stereocenters. The maximum atomic E-state index is 13.3. The number of halogens is 1. The number of fused-ring (bicyclic) bond motifs is 2. The Hall–Kier alpha value is -2.63. The van der Waals surface area contributed by atoms with Crippen molar-refractivity contribution in [2.24, 2.45) is 7.05 Å². The van der Waals surface area contributed by atoms with E-state index in [1.54, 1.807) is 17.0 Å². The van der Waals surface area contributed by atoms with E-state index in [0.717, 1.165) is 17.9 Å². The fourth-order valence-electron chi connectivity index (χ4n) is 3.51. The van der Waals surface area contributed by atoms with Crippen molar-refractivity contribution in [3.8, 4) is 0 Å². The lowest BCUT2D eigenvalue weighted by atomic mass is 10.1. The Balaban J connectivity index is 1.62. The summed E-state index contributed by atoms with van der Waals surface area (Å²) in [5.74, 6) is 1.09. The highest BCUT2D eigenvalue weighted by Crippen LogP contribution is 2.26. The first-order valence-electron chi connectivity index (χ1n) is 8.46. The number of aromatic nitrogens is 2. The molecule has 1 aromatic carbocycles. The number of imidazole rings is 1. The number of carbonyl (C=O) groups is 1. The number of hydrogen-bond donors (Lipinski definition) is 0. The molecule has 0 atom stereocenters. The molecule has 1 amide bonds. The summed E-state index contributed by atoms with van der Waals surface area (Å²) in [5, 5.41) is 0.598. The molecular weight excluding hydrogens is 321 g/mol. The fraction of sp³-hybridized carbons (Fsp3) is 0.368. The Kier molecular flexibility index (Phi) is 3.63. The molecule has 0 aliphatic carbocycles. The minimum Gasteiger partial charge on any atom is -0.451 e. The van der Waals surface area contributed by atoms with Crippen LogP contribution < -0.4 is 0 Å². The molecule has 0 spiro atoms. The van der Waals surface area contributed by atoms with Gasteiger partial charge in [0.2, 0.25) is 0 Å². The third kappa shape index (κ3) is 2.62. The van der Waals surface area contributed by atoms with Crippen LogP contribution in [0, 0.1) is 5.82 Å². The van der Waals surface area contributed by atoms with E-state index >= 15 is 0 Å². The first-order valence-corrected chi connectivity index (χ1v) is 8.46. The molecule has 1 aliphatic rings. The molecule has 3 aromatic rings. The number of rotatable bonds is 2. The largest absolute Gasteiger partial charge is 0.451 e. The van der Waals surface area contributed by atoms with Gasteiger partial charge in [0.05, 0.1) is 12.2 Å². The summed E-state index contributed by atoms with van der Waals surface area (Å²) in [6.07, 6.45) is 0.770. The van der Waals surface area contributed by atoms with Crippen molar-refractivity contribution in [3.63, 3.8) is 0 Å². The van der Waals surface area contributed by atoms with E-state index in [1.165, 1.54) is 17.8 Å². The summed E-state index contributed by atoms with van der Waals surface area (Å²) < 4.78 is 21.1. The van der Waals surface area contributed by atoms with Gasteiger partial charge in [-0.1, -0.05) is 13.8 Å². The second-order valence-corrected chi connectivity index (χ2v) is 6.85. The van der Waals surface area contributed by atoms with E-state index in [-0.39, 0.29) is 17.5 Å². The first kappa shape index (κ1) is 15.9. The number of amides is 1. The predicted octanol–water partition coefficient (Wildman–Crippen LogP) is 3.63. The normalized spacial score (nSPS) is 14.4. The second kappa shape index (κ2) is 5.72. The minimum atomic E-state index is -0.343. The molecule has 130 valence electrons. The van der Waals surface area contributed by atoms with Gasteiger partial charge in [-0.15, -0.1) is 0 Å². The van der Waals surface area contributed by atoms with Gasteiger partial charge in [-0.05, 0) is 24.3 Å². The molecule has 6 heteroatoms. The molecular formula is C19H20FN3O2. The van der Waals surface area contributed by atoms with Crippen molar-refractivity contribution in [2.75, 3.05) is 6.54 Å². The van der Waals surface area contributed by atoms with Crippen LogP contribution in [0.4, 0.5) is 4.39 Å². The number of nitrogens with zero attached hydrogens (tertiary/aromatic N) is 3. The molecule has 5 nitrogen and oxygen atoms in total. The summed E-state index contributed by atoms with van der Waals surface area (Å²) in [6.45, 7) is 5.32. The number of furan rings is 1. The third-order valence-corrected chi connectivity index (χ3v) is 4.78. The smallest absolute Gasteiger partial charge is 0.289 e. The molecule has 3 heterocycles. The van der Waals surface area contributed by atoms with Crippen LogP contribution in [0.15, 0.2) is 28.7 Å². The van der Waals surface area contributed by atoms with Crippen molar-refractivity contribution in [1.29, 1.82) is 0 Å². The zero-order valence-electron chi connectivity index (χ0n) is 14.5. The van der Waals surface area contributed by atoms with E-state index in [2.05, 4.69) is 18.4 Å². The van der Waals surface area contributed by atoms with Gasteiger partial charge in [0, 0.05) is 37.0 Å². The lowest BCUT2D eigenvalue weighted by molar-refractivity contribution is 0.0701. The summed E-state index contributed by atoms with van der Waals surface area (Å²) in [6, 6.07) is 5.85. The van der Waals surface area contributed by atoms with Crippen molar-refractivity contribution in [2.45, 2.75) is 32.7 Å². The van der Waals surface area contributed by atoms with Crippen molar-refractivity contribution in [1.82, 2.24) is 14.5 Å². The van der Waals surface area contributed by atoms with Gasteiger partial charge in [0.1, 0.15) is 17.2 Å². The highest BCUT2D eigenvalue weighted by Gasteiger charge is 2.28. The molecule has 4 rings (SSSR count). The van der Waals surface area contributed by atoms with Crippen molar-refractivity contribution >= 4 is 16.9 Å². The van der Waals surface area contributed by atoms with Crippen LogP contribution in [0.25, 0.3) is 11.0 Å². The van der Waals surface area contributed by atoms with E-state index in [1.807, 2.05) is 7.05 Å². The van der Waals surface area contributed by atoms with Crippen LogP contribution >= 0.6 is 0 Å². The Labute approximate surface area is 145 Å². The van der Waals surface area contributed by atoms with Crippen LogP contribution in [-0.4, -0.2) is 26.9 Å². The van der Waals surface area contributed by atoms with Crippen molar-refractivity contribution in [3.05, 3.63) is 53.1 Å². The summed E-state index contributed by atoms with van der Waals surface area (Å²) in [4.78, 5) is 19.3. The minimum absolute atomic E-state index is 0.181. The standard InChI is InChI=1S/C19H20FN3O2/c1-11(2)18-21-14-10-23(7-6-15(14)22(18)3)19(24)17-9-12-8-13(20)4-5-16(12)25-17/h4-5,8-9,11H,6-7,10H2,1-3H3. The summed E-state index contributed by atoms with van der Waals surface area (Å²) in [5.41, 5.74) is 2.66. The Bertz CT molecular complexity index is 971. The summed E-state index contributed by atoms with van der Waals surface area (Å²) >= 11 is 0. The molecule has 0 saturated heterocycles. The molecule has 0 fully saturated rings. The average molecular weight is 341 g/mol. The number of carbonyl (C=O) groups excluding carboxylic acids is 1. The molecule has 0 radical (unpaired) electrons. The van der Waals surface area contributed by atoms with Gasteiger partial charge in [0.15, 0.2) is 5.76 Å². The van der Waals surface area contributed by atoms with E-state index in [0.29, 0.717) is 30.0 Å². The quantitative estimate of drug-likeness (QED) is 0.715. The van der Waals surface area contributed by atoms with E-state index in [4.69, 9.17) is 9.40 Å². The van der Waals surface area contributed by atoms with Crippen LogP contribution in [-0.2, 0) is 20.0 Å². The van der Waals surface area contributed by atoms with Crippen molar-refractivity contribution < 1.29 is 13.6 Å². The zero-order valence-corrected chi connectivity index (χ0v) is 14.5. The van der Waals surface area contributed by atoms with Crippen LogP contribution in [0.1, 0.15) is 47.5 Å². The average Bonchev–Trinajstić information content (AvgIpc) is 3.14. The van der Waals surface area contributed by atoms with Crippen LogP contribution in [0.3, 0.4) is 0 Å². The van der Waals surface area contributed by atoms with Gasteiger partial charge in [-0.25, -0.2) is 9.37 Å². The zero-order chi connectivity index (χ0) is 17.7. The molecule has 0 saturated carbocycles. The molecule has 25 heavy (non-hydrogen) atoms. The van der Waals surface area contributed by atoms with E-state index < -0.39 is 0 Å². The Morgan fingerprint density at radius 2 is 2.12 bits per heavy atom. The maximum absolute atomic E-state index is 13.3. The van der Waals surface area contributed by atoms with Gasteiger partial charge in [0.25, 0.3) is 5.91 Å². The monoisotopic (exact) mass is 341 g/mol. The number of benzene rings is 1. The third-order valence-electron chi connectivity index (χ3n) is 4.78. The van der Waals surface area contributed by atoms with Crippen LogP contribution in [0.2, 0.25) is 0 Å². The first-order chi connectivity index (χ1) is 11.9. The highest BCUT2D eigenvalue weighted by atomic mass is 19.1. The number of hydrogen-bond acceptors (Lipinski definition) is 3. The molecule has 0 N–H and O–H groups in total. The maximum Gasteiger partial charge on any atom is 0.289 e. The topological polar surface area (TPSA) is 51.3 Å². The molecule has 2 aromatic heterocycles. The fourth-order valence-corrected chi connectivity index (χ4v) is 3.51. The van der Waals surface area contributed by atoms with Gasteiger partial charge < -0.3 is 13.9 Å². The van der Waals surface area contributed by atoms with Gasteiger partial charge in [-0.3, -0.25) is 4.79 Å². The predicted molar refractivity (Wildman–Crippen MR) is 91.9 cm³/mol. The van der Waals surface area contributed by atoms with Crippen LogP contribution in [0.5, 0.6) is 0 Å².